The molecule has 0 saturated carbocycles. The molecule has 2 aromatic rings. The summed E-state index contributed by atoms with van der Waals surface area (Å²) in [6, 6.07) is 1.58. The molecule has 0 bridgehead atoms. The predicted octanol–water partition coefficient (Wildman–Crippen LogP) is 0.714. The van der Waals surface area contributed by atoms with Crippen LogP contribution in [-0.4, -0.2) is 43.4 Å². The molecular weight excluding hydrogens is 276 g/mol. The van der Waals surface area contributed by atoms with Gasteiger partial charge in [-0.05, 0) is 16.5 Å². The third kappa shape index (κ3) is 3.23. The van der Waals surface area contributed by atoms with Gasteiger partial charge in [0, 0.05) is 25.5 Å². The molecule has 0 saturated heterocycles. The van der Waals surface area contributed by atoms with Crippen LogP contribution in [0.25, 0.3) is 0 Å². The van der Waals surface area contributed by atoms with Gasteiger partial charge in [-0.2, -0.15) is 0 Å². The van der Waals surface area contributed by atoms with Gasteiger partial charge in [0.25, 0.3) is 5.91 Å². The molecule has 0 aliphatic carbocycles. The first-order valence-electron chi connectivity index (χ1n) is 5.14. The number of aromatic amines is 1. The maximum Gasteiger partial charge on any atom is 0.267 e. The zero-order valence-corrected chi connectivity index (χ0v) is 11.1. The standard InChI is InChI=1S/C9H11ClN6OS/c1-16-9(13-14-15-16)18-3-2-11-8(17)7-4-6(10)5-12-7/h4-5,12H,2-3H2,1H3,(H,11,17). The van der Waals surface area contributed by atoms with Crippen molar-refractivity contribution in [2.24, 2.45) is 7.05 Å². The topological polar surface area (TPSA) is 88.5 Å². The Morgan fingerprint density at radius 3 is 3.11 bits per heavy atom. The van der Waals surface area contributed by atoms with Crippen molar-refractivity contribution in [2.75, 3.05) is 12.3 Å². The first-order chi connectivity index (χ1) is 8.66. The number of carbonyl (C=O) groups is 1. The lowest BCUT2D eigenvalue weighted by atomic mass is 10.4. The largest absolute Gasteiger partial charge is 0.356 e. The van der Waals surface area contributed by atoms with Gasteiger partial charge in [0.1, 0.15) is 5.69 Å². The number of rotatable bonds is 5. The molecule has 9 heteroatoms. The third-order valence-electron chi connectivity index (χ3n) is 2.09. The van der Waals surface area contributed by atoms with Crippen LogP contribution in [0.1, 0.15) is 10.5 Å². The number of carbonyl (C=O) groups excluding carboxylic acids is 1. The van der Waals surface area contributed by atoms with Crippen LogP contribution < -0.4 is 5.32 Å². The summed E-state index contributed by atoms with van der Waals surface area (Å²) in [6.07, 6.45) is 1.57. The Balaban J connectivity index is 1.73. The molecule has 2 rings (SSSR count). The van der Waals surface area contributed by atoms with E-state index in [9.17, 15) is 4.79 Å². The number of tetrazole rings is 1. The lowest BCUT2D eigenvalue weighted by Gasteiger charge is -2.02. The Morgan fingerprint density at radius 1 is 1.67 bits per heavy atom. The second kappa shape index (κ2) is 5.87. The highest BCUT2D eigenvalue weighted by molar-refractivity contribution is 7.99. The molecule has 7 nitrogen and oxygen atoms in total. The predicted molar refractivity (Wildman–Crippen MR) is 67.7 cm³/mol. The Bertz CT molecular complexity index is 539. The summed E-state index contributed by atoms with van der Waals surface area (Å²) in [5, 5.41) is 15.0. The number of halogens is 1. The average molecular weight is 287 g/mol. The van der Waals surface area contributed by atoms with Crippen LogP contribution >= 0.6 is 23.4 Å². The summed E-state index contributed by atoms with van der Waals surface area (Å²) in [4.78, 5) is 14.4. The summed E-state index contributed by atoms with van der Waals surface area (Å²) in [7, 11) is 1.77. The quantitative estimate of drug-likeness (QED) is 0.624. The van der Waals surface area contributed by atoms with Gasteiger partial charge in [-0.15, -0.1) is 5.10 Å². The molecular formula is C9H11ClN6OS. The summed E-state index contributed by atoms with van der Waals surface area (Å²) < 4.78 is 1.58. The second-order valence-electron chi connectivity index (χ2n) is 3.42. The van der Waals surface area contributed by atoms with Gasteiger partial charge in [0.15, 0.2) is 0 Å². The molecule has 18 heavy (non-hydrogen) atoms. The summed E-state index contributed by atoms with van der Waals surface area (Å²) in [5.41, 5.74) is 0.449. The van der Waals surface area contributed by atoms with Crippen LogP contribution in [0.3, 0.4) is 0 Å². The molecule has 0 fully saturated rings. The molecule has 96 valence electrons. The van der Waals surface area contributed by atoms with E-state index in [2.05, 4.69) is 25.8 Å². The monoisotopic (exact) mass is 286 g/mol. The van der Waals surface area contributed by atoms with Crippen LogP contribution in [0.2, 0.25) is 5.02 Å². The first kappa shape index (κ1) is 12.9. The summed E-state index contributed by atoms with van der Waals surface area (Å²) in [6.45, 7) is 0.521. The van der Waals surface area contributed by atoms with Crippen molar-refractivity contribution in [1.82, 2.24) is 30.5 Å². The number of H-pyrrole nitrogens is 1. The maximum absolute atomic E-state index is 11.6. The van der Waals surface area contributed by atoms with E-state index in [0.29, 0.717) is 28.2 Å². The van der Waals surface area contributed by atoms with Crippen LogP contribution in [0, 0.1) is 0 Å². The lowest BCUT2D eigenvalue weighted by Crippen LogP contribution is -2.26. The van der Waals surface area contributed by atoms with Crippen LogP contribution in [0.15, 0.2) is 17.4 Å². The zero-order chi connectivity index (χ0) is 13.0. The fourth-order valence-electron chi connectivity index (χ4n) is 1.24. The highest BCUT2D eigenvalue weighted by Crippen LogP contribution is 2.11. The van der Waals surface area contributed by atoms with Gasteiger partial charge in [0.2, 0.25) is 5.16 Å². The van der Waals surface area contributed by atoms with Crippen LogP contribution in [0.5, 0.6) is 0 Å². The lowest BCUT2D eigenvalue weighted by molar-refractivity contribution is 0.0952. The minimum absolute atomic E-state index is 0.182. The van der Waals surface area contributed by atoms with Gasteiger partial charge >= 0.3 is 0 Å². The van der Waals surface area contributed by atoms with Crippen molar-refractivity contribution in [1.29, 1.82) is 0 Å². The van der Waals surface area contributed by atoms with E-state index in [4.69, 9.17) is 11.6 Å². The number of amides is 1. The zero-order valence-electron chi connectivity index (χ0n) is 9.55. The Morgan fingerprint density at radius 2 is 2.50 bits per heavy atom. The van der Waals surface area contributed by atoms with Gasteiger partial charge in [-0.25, -0.2) is 4.68 Å². The van der Waals surface area contributed by atoms with Crippen molar-refractivity contribution >= 4 is 29.3 Å². The van der Waals surface area contributed by atoms with Crippen molar-refractivity contribution in [3.05, 3.63) is 23.0 Å². The number of nitrogens with zero attached hydrogens (tertiary/aromatic N) is 4. The van der Waals surface area contributed by atoms with Gasteiger partial charge in [-0.3, -0.25) is 4.79 Å². The number of nitrogens with one attached hydrogen (secondary N) is 2. The minimum atomic E-state index is -0.182. The number of hydrogen-bond donors (Lipinski definition) is 2. The highest BCUT2D eigenvalue weighted by Gasteiger charge is 2.07. The van der Waals surface area contributed by atoms with Gasteiger partial charge in [-0.1, -0.05) is 23.4 Å². The highest BCUT2D eigenvalue weighted by atomic mass is 35.5. The molecule has 0 atom stereocenters. The molecule has 0 aliphatic heterocycles. The second-order valence-corrected chi connectivity index (χ2v) is 4.92. The fraction of sp³-hybridized carbons (Fsp3) is 0.333. The van der Waals surface area contributed by atoms with E-state index in [1.54, 1.807) is 24.0 Å². The van der Waals surface area contributed by atoms with Gasteiger partial charge in [0.05, 0.1) is 5.02 Å². The van der Waals surface area contributed by atoms with E-state index < -0.39 is 0 Å². The van der Waals surface area contributed by atoms with E-state index in [1.165, 1.54) is 11.8 Å². The molecule has 0 spiro atoms. The molecule has 0 unspecified atom stereocenters. The summed E-state index contributed by atoms with van der Waals surface area (Å²) >= 11 is 7.18. The third-order valence-corrected chi connectivity index (χ3v) is 3.32. The number of hydrogen-bond acceptors (Lipinski definition) is 5. The summed E-state index contributed by atoms with van der Waals surface area (Å²) in [5.74, 6) is 0.507. The number of aromatic nitrogens is 5. The minimum Gasteiger partial charge on any atom is -0.356 e. The smallest absolute Gasteiger partial charge is 0.267 e. The molecule has 2 N–H and O–H groups in total. The van der Waals surface area contributed by atoms with E-state index in [0.717, 1.165) is 0 Å². The Kier molecular flexibility index (Phi) is 4.21. The first-order valence-corrected chi connectivity index (χ1v) is 6.50. The molecule has 0 radical (unpaired) electrons. The van der Waals surface area contributed by atoms with Crippen molar-refractivity contribution in [3.8, 4) is 0 Å². The molecule has 1 amide bonds. The Labute approximate surface area is 112 Å². The van der Waals surface area contributed by atoms with Crippen molar-refractivity contribution in [2.45, 2.75) is 5.16 Å². The van der Waals surface area contributed by atoms with Crippen LogP contribution in [0.4, 0.5) is 0 Å². The van der Waals surface area contributed by atoms with E-state index in [1.807, 2.05) is 0 Å². The van der Waals surface area contributed by atoms with E-state index >= 15 is 0 Å². The van der Waals surface area contributed by atoms with E-state index in [-0.39, 0.29) is 5.91 Å². The normalized spacial score (nSPS) is 10.6. The molecule has 0 aromatic carbocycles. The fourth-order valence-corrected chi connectivity index (χ4v) is 2.11. The SMILES string of the molecule is Cn1nnnc1SCCNC(=O)c1cc(Cl)c[nH]1. The molecule has 2 aromatic heterocycles. The number of aryl methyl sites for hydroxylation is 1. The maximum atomic E-state index is 11.6. The average Bonchev–Trinajstić information content (AvgIpc) is 2.94. The Hall–Kier alpha value is -1.54. The van der Waals surface area contributed by atoms with Crippen LogP contribution in [-0.2, 0) is 7.05 Å². The van der Waals surface area contributed by atoms with Crippen molar-refractivity contribution < 1.29 is 4.79 Å². The molecule has 0 aliphatic rings. The van der Waals surface area contributed by atoms with Crippen molar-refractivity contribution in [3.63, 3.8) is 0 Å². The number of thioether (sulfide) groups is 1. The molecule has 2 heterocycles. The van der Waals surface area contributed by atoms with Gasteiger partial charge < -0.3 is 10.3 Å².